The molecule has 1 heterocycles. The molecule has 0 aliphatic heterocycles. The van der Waals surface area contributed by atoms with Crippen molar-refractivity contribution in [3.05, 3.63) is 58.9 Å². The van der Waals surface area contributed by atoms with Gasteiger partial charge in [0.2, 0.25) is 0 Å². The van der Waals surface area contributed by atoms with Crippen molar-refractivity contribution < 1.29 is 9.90 Å². The smallest absolute Gasteiger partial charge is 0.257 e. The summed E-state index contributed by atoms with van der Waals surface area (Å²) in [5.41, 5.74) is 3.66. The lowest BCUT2D eigenvalue weighted by Crippen LogP contribution is -2.14. The van der Waals surface area contributed by atoms with Gasteiger partial charge in [-0.05, 0) is 43.7 Å². The predicted molar refractivity (Wildman–Crippen MR) is 82.1 cm³/mol. The zero-order valence-corrected chi connectivity index (χ0v) is 12.0. The number of carbonyl (C=O) groups excluding carboxylic acids is 1. The second kappa shape index (κ2) is 6.69. The zero-order valence-electron chi connectivity index (χ0n) is 12.0. The van der Waals surface area contributed by atoms with Crippen LogP contribution in [-0.2, 0) is 0 Å². The van der Waals surface area contributed by atoms with E-state index in [-0.39, 0.29) is 12.5 Å². The minimum Gasteiger partial charge on any atom is -0.384 e. The summed E-state index contributed by atoms with van der Waals surface area (Å²) in [6.45, 7) is 3.53. The first-order valence-electron chi connectivity index (χ1n) is 6.55. The number of benzene rings is 1. The number of aliphatic hydroxyl groups is 1. The molecule has 106 valence electrons. The Morgan fingerprint density at radius 1 is 1.33 bits per heavy atom. The molecule has 0 aliphatic rings. The van der Waals surface area contributed by atoms with Crippen molar-refractivity contribution in [2.24, 2.45) is 0 Å². The van der Waals surface area contributed by atoms with Crippen molar-refractivity contribution in [2.75, 3.05) is 11.9 Å². The molecular weight excluding hydrogens is 264 g/mol. The highest BCUT2D eigenvalue weighted by atomic mass is 16.2. The number of aromatic nitrogens is 1. The third-order valence-corrected chi connectivity index (χ3v) is 3.05. The molecule has 21 heavy (non-hydrogen) atoms. The first-order chi connectivity index (χ1) is 10.1. The Labute approximate surface area is 123 Å². The standard InChI is InChI=1S/C17H16N2O2/c1-12-7-8-15(11-14(12)5-4-10-20)19-17(21)16-6-3-9-18-13(16)2/h3,6-9,11,20H,10H2,1-2H3,(H,19,21). The van der Waals surface area contributed by atoms with Gasteiger partial charge in [-0.3, -0.25) is 9.78 Å². The Hall–Kier alpha value is -2.64. The molecule has 0 saturated heterocycles. The van der Waals surface area contributed by atoms with Gasteiger partial charge in [-0.1, -0.05) is 17.9 Å². The van der Waals surface area contributed by atoms with Crippen molar-refractivity contribution in [1.82, 2.24) is 4.98 Å². The number of aliphatic hydroxyl groups excluding tert-OH is 1. The molecule has 1 aromatic carbocycles. The summed E-state index contributed by atoms with van der Waals surface area (Å²) in [5, 5.41) is 11.6. The summed E-state index contributed by atoms with van der Waals surface area (Å²) in [6.07, 6.45) is 1.65. The maximum atomic E-state index is 12.2. The monoisotopic (exact) mass is 280 g/mol. The molecule has 2 rings (SSSR count). The maximum Gasteiger partial charge on any atom is 0.257 e. The molecule has 4 heteroatoms. The minimum absolute atomic E-state index is 0.190. The van der Waals surface area contributed by atoms with Crippen molar-refractivity contribution in [2.45, 2.75) is 13.8 Å². The summed E-state index contributed by atoms with van der Waals surface area (Å²) in [7, 11) is 0. The number of pyridine rings is 1. The van der Waals surface area contributed by atoms with Crippen molar-refractivity contribution in [1.29, 1.82) is 0 Å². The second-order valence-corrected chi connectivity index (χ2v) is 4.58. The second-order valence-electron chi connectivity index (χ2n) is 4.58. The number of amides is 1. The number of carbonyl (C=O) groups is 1. The lowest BCUT2D eigenvalue weighted by Gasteiger charge is -2.08. The van der Waals surface area contributed by atoms with Gasteiger partial charge in [-0.15, -0.1) is 0 Å². The Kier molecular flexibility index (Phi) is 4.70. The Balaban J connectivity index is 2.24. The largest absolute Gasteiger partial charge is 0.384 e. The molecular formula is C17H16N2O2. The van der Waals surface area contributed by atoms with E-state index in [2.05, 4.69) is 22.1 Å². The van der Waals surface area contributed by atoms with Gasteiger partial charge in [0.1, 0.15) is 6.61 Å². The summed E-state index contributed by atoms with van der Waals surface area (Å²) in [4.78, 5) is 16.3. The van der Waals surface area contributed by atoms with Gasteiger partial charge in [-0.25, -0.2) is 0 Å². The topological polar surface area (TPSA) is 62.2 Å². The highest BCUT2D eigenvalue weighted by Gasteiger charge is 2.09. The minimum atomic E-state index is -0.203. The highest BCUT2D eigenvalue weighted by Crippen LogP contribution is 2.16. The Morgan fingerprint density at radius 2 is 2.14 bits per heavy atom. The van der Waals surface area contributed by atoms with Gasteiger partial charge in [0.15, 0.2) is 0 Å². The van der Waals surface area contributed by atoms with Crippen molar-refractivity contribution in [3.63, 3.8) is 0 Å². The van der Waals surface area contributed by atoms with Crippen LogP contribution in [0.15, 0.2) is 36.5 Å². The van der Waals surface area contributed by atoms with Crippen LogP contribution >= 0.6 is 0 Å². The summed E-state index contributed by atoms with van der Waals surface area (Å²) in [6, 6.07) is 8.96. The van der Waals surface area contributed by atoms with E-state index in [1.165, 1.54) is 0 Å². The van der Waals surface area contributed by atoms with E-state index in [1.54, 1.807) is 31.3 Å². The van der Waals surface area contributed by atoms with Gasteiger partial charge in [0.25, 0.3) is 5.91 Å². The first kappa shape index (κ1) is 14.8. The van der Waals surface area contributed by atoms with Crippen LogP contribution in [0.1, 0.15) is 27.2 Å². The molecule has 0 saturated carbocycles. The number of anilines is 1. The Morgan fingerprint density at radius 3 is 2.86 bits per heavy atom. The van der Waals surface area contributed by atoms with E-state index in [0.29, 0.717) is 16.9 Å². The van der Waals surface area contributed by atoms with E-state index in [4.69, 9.17) is 5.11 Å². The van der Waals surface area contributed by atoms with Gasteiger partial charge in [0.05, 0.1) is 5.56 Å². The number of rotatable bonds is 2. The van der Waals surface area contributed by atoms with Crippen LogP contribution in [0.25, 0.3) is 0 Å². The van der Waals surface area contributed by atoms with Crippen LogP contribution in [0.2, 0.25) is 0 Å². The fourth-order valence-corrected chi connectivity index (χ4v) is 1.89. The van der Waals surface area contributed by atoms with Crippen LogP contribution in [0, 0.1) is 25.7 Å². The van der Waals surface area contributed by atoms with Crippen LogP contribution in [0.5, 0.6) is 0 Å². The Bertz CT molecular complexity index is 727. The van der Waals surface area contributed by atoms with Crippen molar-refractivity contribution in [3.8, 4) is 11.8 Å². The van der Waals surface area contributed by atoms with E-state index < -0.39 is 0 Å². The van der Waals surface area contributed by atoms with Crippen molar-refractivity contribution >= 4 is 11.6 Å². The van der Waals surface area contributed by atoms with Gasteiger partial charge < -0.3 is 10.4 Å². The molecule has 1 aromatic heterocycles. The molecule has 0 spiro atoms. The summed E-state index contributed by atoms with van der Waals surface area (Å²) >= 11 is 0. The molecule has 2 aromatic rings. The fourth-order valence-electron chi connectivity index (χ4n) is 1.89. The summed E-state index contributed by atoms with van der Waals surface area (Å²) < 4.78 is 0. The summed E-state index contributed by atoms with van der Waals surface area (Å²) in [5.74, 6) is 5.27. The number of hydrogen-bond acceptors (Lipinski definition) is 3. The molecule has 2 N–H and O–H groups in total. The van der Waals surface area contributed by atoms with Crippen LogP contribution < -0.4 is 5.32 Å². The van der Waals surface area contributed by atoms with E-state index in [1.807, 2.05) is 19.1 Å². The van der Waals surface area contributed by atoms with Crippen LogP contribution in [0.3, 0.4) is 0 Å². The predicted octanol–water partition coefficient (Wildman–Crippen LogP) is 2.29. The normalized spacial score (nSPS) is 9.67. The molecule has 1 amide bonds. The quantitative estimate of drug-likeness (QED) is 0.830. The van der Waals surface area contributed by atoms with Gasteiger partial charge in [0, 0.05) is 23.1 Å². The molecule has 0 radical (unpaired) electrons. The number of hydrogen-bond donors (Lipinski definition) is 2. The lowest BCUT2D eigenvalue weighted by molar-refractivity contribution is 0.102. The molecule has 0 bridgehead atoms. The number of nitrogens with zero attached hydrogens (tertiary/aromatic N) is 1. The number of nitrogens with one attached hydrogen (secondary N) is 1. The fraction of sp³-hybridized carbons (Fsp3) is 0.176. The zero-order chi connectivity index (χ0) is 15.2. The maximum absolute atomic E-state index is 12.2. The average Bonchev–Trinajstić information content (AvgIpc) is 2.48. The lowest BCUT2D eigenvalue weighted by atomic mass is 10.1. The third kappa shape index (κ3) is 3.68. The molecule has 0 aliphatic carbocycles. The van der Waals surface area contributed by atoms with Crippen LogP contribution in [-0.4, -0.2) is 22.6 Å². The van der Waals surface area contributed by atoms with E-state index in [9.17, 15) is 4.79 Å². The van der Waals surface area contributed by atoms with Crippen LogP contribution in [0.4, 0.5) is 5.69 Å². The number of aryl methyl sites for hydroxylation is 2. The van der Waals surface area contributed by atoms with Gasteiger partial charge >= 0.3 is 0 Å². The molecule has 0 unspecified atom stereocenters. The molecule has 0 fully saturated rings. The molecule has 0 atom stereocenters. The average molecular weight is 280 g/mol. The first-order valence-corrected chi connectivity index (χ1v) is 6.55. The van der Waals surface area contributed by atoms with E-state index >= 15 is 0 Å². The van der Waals surface area contributed by atoms with E-state index in [0.717, 1.165) is 11.1 Å². The highest BCUT2D eigenvalue weighted by molar-refractivity contribution is 6.05. The SMILES string of the molecule is Cc1ccc(NC(=O)c2cccnc2C)cc1C#CCO. The van der Waals surface area contributed by atoms with Gasteiger partial charge in [-0.2, -0.15) is 0 Å². The molecule has 4 nitrogen and oxygen atoms in total. The third-order valence-electron chi connectivity index (χ3n) is 3.05.